The molecule has 1 aliphatic carbocycles. The van der Waals surface area contributed by atoms with Crippen molar-refractivity contribution in [3.63, 3.8) is 0 Å². The minimum absolute atomic E-state index is 0.0454. The van der Waals surface area contributed by atoms with Crippen molar-refractivity contribution in [1.29, 1.82) is 5.26 Å². The normalized spacial score (nSPS) is 17.8. The molecule has 1 aromatic carbocycles. The number of amides is 1. The van der Waals surface area contributed by atoms with Crippen LogP contribution in [0.2, 0.25) is 0 Å². The molecule has 2 heterocycles. The number of anilines is 1. The molecule has 1 amide bonds. The van der Waals surface area contributed by atoms with Gasteiger partial charge in [-0.15, -0.1) is 0 Å². The lowest BCUT2D eigenvalue weighted by Crippen LogP contribution is -2.22. The van der Waals surface area contributed by atoms with E-state index in [1.54, 1.807) is 16.9 Å². The van der Waals surface area contributed by atoms with Gasteiger partial charge < -0.3 is 9.47 Å². The molecule has 0 radical (unpaired) electrons. The number of benzene rings is 1. The molecule has 1 aliphatic heterocycles. The van der Waals surface area contributed by atoms with Gasteiger partial charge in [0.15, 0.2) is 11.6 Å². The average molecular weight is 431 g/mol. The molecule has 11 heteroatoms. The van der Waals surface area contributed by atoms with Crippen molar-refractivity contribution >= 4 is 29.7 Å². The van der Waals surface area contributed by atoms with Crippen LogP contribution in [0.4, 0.5) is 10.1 Å². The van der Waals surface area contributed by atoms with Crippen molar-refractivity contribution in [2.75, 3.05) is 10.8 Å². The van der Waals surface area contributed by atoms with E-state index < -0.39 is 23.6 Å². The number of carbonyl (C=O) groups is 2. The third kappa shape index (κ3) is 3.66. The van der Waals surface area contributed by atoms with E-state index in [0.717, 1.165) is 12.1 Å². The van der Waals surface area contributed by atoms with Crippen LogP contribution >= 0.6 is 12.1 Å². The highest BCUT2D eigenvalue weighted by Crippen LogP contribution is 2.44. The molecule has 2 aromatic rings. The number of aromatic nitrogens is 2. The summed E-state index contributed by atoms with van der Waals surface area (Å²) in [7, 11) is 0. The first-order chi connectivity index (χ1) is 14.3. The number of carbonyl (C=O) groups excluding carboxylic acids is 2. The van der Waals surface area contributed by atoms with Crippen LogP contribution < -0.4 is 13.8 Å². The van der Waals surface area contributed by atoms with E-state index >= 15 is 4.39 Å². The Hall–Kier alpha value is -3.26. The lowest BCUT2D eigenvalue weighted by atomic mass is 10.1. The molecule has 0 spiro atoms. The molecule has 4 rings (SSSR count). The van der Waals surface area contributed by atoms with Gasteiger partial charge in [0.05, 0.1) is 24.4 Å². The summed E-state index contributed by atoms with van der Waals surface area (Å²) < 4.78 is 31.8. The van der Waals surface area contributed by atoms with Gasteiger partial charge in [0.1, 0.15) is 17.8 Å². The summed E-state index contributed by atoms with van der Waals surface area (Å²) in [5, 5.41) is 13.6. The number of hydrogen-bond acceptors (Lipinski definition) is 8. The van der Waals surface area contributed by atoms with Crippen molar-refractivity contribution in [2.24, 2.45) is 0 Å². The maximum Gasteiger partial charge on any atom is 0.305 e. The summed E-state index contributed by atoms with van der Waals surface area (Å²) in [5.41, 5.74) is 0.140. The summed E-state index contributed by atoms with van der Waals surface area (Å²) >= 11 is 0.942. The van der Waals surface area contributed by atoms with Crippen LogP contribution in [0.25, 0.3) is 11.1 Å². The Morgan fingerprint density at radius 2 is 2.23 bits per heavy atom. The molecule has 1 atom stereocenters. The fourth-order valence-electron chi connectivity index (χ4n) is 3.17. The predicted octanol–water partition coefficient (Wildman–Crippen LogP) is 2.49. The van der Waals surface area contributed by atoms with Gasteiger partial charge in [0, 0.05) is 31.2 Å². The zero-order chi connectivity index (χ0) is 21.5. The Kier molecular flexibility index (Phi) is 5.03. The summed E-state index contributed by atoms with van der Waals surface area (Å²) in [6.45, 7) is 2.69. The summed E-state index contributed by atoms with van der Waals surface area (Å²) in [4.78, 5) is 22.8. The molecule has 2 aliphatic rings. The Morgan fingerprint density at radius 1 is 1.47 bits per heavy atom. The SMILES string of the molecule is CC(=O)OC(C)Oc1ccc(-c2cnn(C3(C#N)CC3)c2)c(F)c1N1CC(=O)NS1. The quantitative estimate of drug-likeness (QED) is 0.422. The van der Waals surface area contributed by atoms with E-state index in [0.29, 0.717) is 18.4 Å². The average Bonchev–Trinajstić information content (AvgIpc) is 3.11. The number of nitriles is 1. The Bertz CT molecular complexity index is 1060. The number of esters is 1. The van der Waals surface area contributed by atoms with Crippen molar-refractivity contribution in [2.45, 2.75) is 38.5 Å². The molecule has 156 valence electrons. The topological polar surface area (TPSA) is 109 Å². The molecule has 1 saturated carbocycles. The van der Waals surface area contributed by atoms with E-state index in [1.165, 1.54) is 30.4 Å². The smallest absolute Gasteiger partial charge is 0.305 e. The summed E-state index contributed by atoms with van der Waals surface area (Å²) in [5.74, 6) is -1.31. The lowest BCUT2D eigenvalue weighted by molar-refractivity contribution is -0.158. The second-order valence-corrected chi connectivity index (χ2v) is 7.87. The minimum atomic E-state index is -0.948. The predicted molar refractivity (Wildman–Crippen MR) is 105 cm³/mol. The van der Waals surface area contributed by atoms with Crippen LogP contribution in [0.3, 0.4) is 0 Å². The highest BCUT2D eigenvalue weighted by atomic mass is 32.2. The van der Waals surface area contributed by atoms with Gasteiger partial charge in [0.2, 0.25) is 6.29 Å². The number of ether oxygens (including phenoxy) is 2. The van der Waals surface area contributed by atoms with Crippen LogP contribution in [-0.2, 0) is 19.9 Å². The summed E-state index contributed by atoms with van der Waals surface area (Å²) in [6, 6.07) is 5.32. The van der Waals surface area contributed by atoms with E-state index in [9.17, 15) is 14.9 Å². The van der Waals surface area contributed by atoms with Crippen LogP contribution in [-0.4, -0.2) is 34.5 Å². The largest absolute Gasteiger partial charge is 0.453 e. The first kappa shape index (κ1) is 20.0. The van der Waals surface area contributed by atoms with Crippen LogP contribution in [0.15, 0.2) is 24.5 Å². The maximum atomic E-state index is 15.6. The van der Waals surface area contributed by atoms with Crippen LogP contribution in [0.1, 0.15) is 26.7 Å². The molecule has 1 saturated heterocycles. The molecule has 1 unspecified atom stereocenters. The van der Waals surface area contributed by atoms with Gasteiger partial charge >= 0.3 is 5.97 Å². The number of nitrogens with one attached hydrogen (secondary N) is 1. The molecule has 2 fully saturated rings. The molecular formula is C19H18FN5O4S. The molecule has 30 heavy (non-hydrogen) atoms. The third-order valence-corrected chi connectivity index (χ3v) is 5.63. The third-order valence-electron chi connectivity index (χ3n) is 4.77. The van der Waals surface area contributed by atoms with Crippen molar-refractivity contribution in [1.82, 2.24) is 14.5 Å². The second kappa shape index (κ2) is 7.53. The Morgan fingerprint density at radius 3 is 2.83 bits per heavy atom. The Balaban J connectivity index is 1.72. The van der Waals surface area contributed by atoms with Gasteiger partial charge in [-0.1, -0.05) is 0 Å². The molecule has 1 N–H and O–H groups in total. The monoisotopic (exact) mass is 431 g/mol. The number of nitrogens with zero attached hydrogens (tertiary/aromatic N) is 4. The number of halogens is 1. The maximum absolute atomic E-state index is 15.6. The Labute approximate surface area is 176 Å². The van der Waals surface area contributed by atoms with E-state index in [-0.39, 0.29) is 29.5 Å². The van der Waals surface area contributed by atoms with Gasteiger partial charge in [-0.2, -0.15) is 10.4 Å². The van der Waals surface area contributed by atoms with Crippen molar-refractivity contribution < 1.29 is 23.5 Å². The van der Waals surface area contributed by atoms with E-state index in [4.69, 9.17) is 9.47 Å². The molecule has 0 bridgehead atoms. The minimum Gasteiger partial charge on any atom is -0.453 e. The fourth-order valence-corrected chi connectivity index (χ4v) is 3.89. The van der Waals surface area contributed by atoms with Gasteiger partial charge in [-0.05, 0) is 25.0 Å². The lowest BCUT2D eigenvalue weighted by Gasteiger charge is -2.22. The summed E-state index contributed by atoms with van der Waals surface area (Å²) in [6.07, 6.45) is 3.61. The highest BCUT2D eigenvalue weighted by Gasteiger charge is 2.46. The zero-order valence-electron chi connectivity index (χ0n) is 16.2. The number of hydrogen-bond donors (Lipinski definition) is 1. The molecule has 9 nitrogen and oxygen atoms in total. The van der Waals surface area contributed by atoms with Gasteiger partial charge in [0.25, 0.3) is 5.91 Å². The highest BCUT2D eigenvalue weighted by molar-refractivity contribution is 7.99. The van der Waals surface area contributed by atoms with Gasteiger partial charge in [-0.3, -0.25) is 23.3 Å². The molecule has 1 aromatic heterocycles. The van der Waals surface area contributed by atoms with E-state index in [1.807, 2.05) is 0 Å². The second-order valence-electron chi connectivity index (χ2n) is 7.04. The van der Waals surface area contributed by atoms with E-state index in [2.05, 4.69) is 15.9 Å². The molecular weight excluding hydrogens is 413 g/mol. The fraction of sp³-hybridized carbons (Fsp3) is 0.368. The first-order valence-corrected chi connectivity index (χ1v) is 9.97. The van der Waals surface area contributed by atoms with Crippen LogP contribution in [0.5, 0.6) is 5.75 Å². The van der Waals surface area contributed by atoms with Crippen molar-refractivity contribution in [3.05, 3.63) is 30.3 Å². The van der Waals surface area contributed by atoms with Crippen LogP contribution in [0, 0.1) is 17.1 Å². The zero-order valence-corrected chi connectivity index (χ0v) is 17.0. The van der Waals surface area contributed by atoms with Gasteiger partial charge in [-0.25, -0.2) is 4.39 Å². The van der Waals surface area contributed by atoms with Crippen molar-refractivity contribution in [3.8, 4) is 22.9 Å². The number of rotatable bonds is 6. The standard InChI is InChI=1S/C19H18FN5O4S/c1-11(26)28-12(2)29-15-4-3-14(17(20)18(15)24-9-16(27)23-30-24)13-7-22-25(8-13)19(10-21)5-6-19/h3-4,7-8,12H,5-6,9H2,1-2H3,(H,23,27). The first-order valence-electron chi connectivity index (χ1n) is 9.19.